The minimum absolute atomic E-state index is 0.484. The fraction of sp³-hybridized carbons (Fsp3) is 0. The quantitative estimate of drug-likeness (QED) is 0.434. The van der Waals surface area contributed by atoms with Crippen LogP contribution in [0.2, 0.25) is 0 Å². The summed E-state index contributed by atoms with van der Waals surface area (Å²) in [6.07, 6.45) is 1.69. The average Bonchev–Trinajstić information content (AvgIpc) is 2.54. The van der Waals surface area contributed by atoms with Crippen LogP contribution >= 0.6 is 0 Å². The molecule has 0 spiro atoms. The molecule has 0 saturated heterocycles. The van der Waals surface area contributed by atoms with Gasteiger partial charge in [0.25, 0.3) is 0 Å². The molecule has 0 radical (unpaired) electrons. The number of rotatable bonds is 1. The Hall–Kier alpha value is -2.67. The average molecular weight is 256 g/mol. The van der Waals surface area contributed by atoms with E-state index >= 15 is 0 Å². The van der Waals surface area contributed by atoms with Crippen molar-refractivity contribution in [2.45, 2.75) is 0 Å². The zero-order valence-electron chi connectivity index (χ0n) is 11.9. The molecule has 0 aliphatic rings. The van der Waals surface area contributed by atoms with Crippen LogP contribution in [0, 0.1) is 0 Å². The molecule has 3 aromatic carbocycles. The van der Waals surface area contributed by atoms with Crippen molar-refractivity contribution in [1.29, 1.82) is 0 Å². The van der Waals surface area contributed by atoms with Crippen molar-refractivity contribution in [3.63, 3.8) is 0 Å². The normalized spacial score (nSPS) is 11.7. The van der Waals surface area contributed by atoms with E-state index in [-0.39, 0.29) is 0 Å². The SMILES string of the molecule is [2H]c1ccnc(-c2ccc3ccc4ccccc4c3c2)c1. The van der Waals surface area contributed by atoms with Gasteiger partial charge in [0.05, 0.1) is 7.06 Å². The lowest BCUT2D eigenvalue weighted by atomic mass is 9.99. The van der Waals surface area contributed by atoms with Crippen LogP contribution in [-0.4, -0.2) is 4.98 Å². The summed E-state index contributed by atoms with van der Waals surface area (Å²) in [6.45, 7) is 0. The summed E-state index contributed by atoms with van der Waals surface area (Å²) in [5, 5.41) is 4.94. The number of hydrogen-bond donors (Lipinski definition) is 0. The van der Waals surface area contributed by atoms with E-state index < -0.39 is 0 Å². The molecule has 1 heteroatoms. The first-order valence-corrected chi connectivity index (χ1v) is 6.66. The summed E-state index contributed by atoms with van der Waals surface area (Å²) in [5.41, 5.74) is 1.89. The summed E-state index contributed by atoms with van der Waals surface area (Å²) < 4.78 is 7.74. The van der Waals surface area contributed by atoms with Crippen LogP contribution in [0.3, 0.4) is 0 Å². The Morgan fingerprint density at radius 3 is 2.45 bits per heavy atom. The van der Waals surface area contributed by atoms with Gasteiger partial charge in [-0.1, -0.05) is 54.6 Å². The van der Waals surface area contributed by atoms with Gasteiger partial charge in [0.15, 0.2) is 0 Å². The first-order valence-electron chi connectivity index (χ1n) is 7.16. The van der Waals surface area contributed by atoms with Crippen molar-refractivity contribution in [2.75, 3.05) is 0 Å². The molecule has 1 aromatic heterocycles. The van der Waals surface area contributed by atoms with Crippen molar-refractivity contribution in [2.24, 2.45) is 0 Å². The smallest absolute Gasteiger partial charge is 0.0702 e. The lowest BCUT2D eigenvalue weighted by Gasteiger charge is -2.06. The highest BCUT2D eigenvalue weighted by atomic mass is 14.7. The summed E-state index contributed by atoms with van der Waals surface area (Å²) in [4.78, 5) is 4.38. The lowest BCUT2D eigenvalue weighted by molar-refractivity contribution is 1.33. The van der Waals surface area contributed by atoms with E-state index in [2.05, 4.69) is 59.6 Å². The topological polar surface area (TPSA) is 12.9 Å². The maximum absolute atomic E-state index is 7.74. The second-order valence-corrected chi connectivity index (χ2v) is 4.86. The minimum atomic E-state index is 0.484. The number of pyridine rings is 1. The molecule has 0 bridgehead atoms. The van der Waals surface area contributed by atoms with E-state index in [1.54, 1.807) is 18.3 Å². The van der Waals surface area contributed by atoms with Crippen molar-refractivity contribution >= 4 is 21.5 Å². The number of hydrogen-bond acceptors (Lipinski definition) is 1. The lowest BCUT2D eigenvalue weighted by Crippen LogP contribution is -1.83. The molecule has 0 atom stereocenters. The Kier molecular flexibility index (Phi) is 2.27. The molecule has 4 rings (SSSR count). The third kappa shape index (κ3) is 1.76. The van der Waals surface area contributed by atoms with Crippen LogP contribution in [0.5, 0.6) is 0 Å². The Balaban J connectivity index is 2.02. The van der Waals surface area contributed by atoms with Crippen LogP contribution in [0.4, 0.5) is 0 Å². The zero-order chi connectivity index (χ0) is 14.2. The molecule has 94 valence electrons. The van der Waals surface area contributed by atoms with Gasteiger partial charge in [-0.25, -0.2) is 0 Å². The maximum Gasteiger partial charge on any atom is 0.0702 e. The van der Waals surface area contributed by atoms with E-state index in [9.17, 15) is 0 Å². The predicted octanol–water partition coefficient (Wildman–Crippen LogP) is 5.06. The molecule has 0 amide bonds. The van der Waals surface area contributed by atoms with E-state index in [4.69, 9.17) is 1.37 Å². The largest absolute Gasteiger partial charge is 0.256 e. The van der Waals surface area contributed by atoms with Gasteiger partial charge in [-0.15, -0.1) is 0 Å². The first kappa shape index (κ1) is 10.2. The molecule has 0 aliphatic heterocycles. The van der Waals surface area contributed by atoms with Gasteiger partial charge in [0.1, 0.15) is 0 Å². The monoisotopic (exact) mass is 256 g/mol. The number of fused-ring (bicyclic) bond motifs is 3. The van der Waals surface area contributed by atoms with Crippen molar-refractivity contribution in [1.82, 2.24) is 4.98 Å². The first-order chi connectivity index (χ1) is 10.3. The Bertz CT molecular complexity index is 960. The molecular weight excluding hydrogens is 242 g/mol. The van der Waals surface area contributed by atoms with Gasteiger partial charge in [0.2, 0.25) is 0 Å². The minimum Gasteiger partial charge on any atom is -0.256 e. The molecule has 20 heavy (non-hydrogen) atoms. The summed E-state index contributed by atoms with van der Waals surface area (Å²) in [5.74, 6) is 0. The van der Waals surface area contributed by atoms with Crippen LogP contribution in [0.15, 0.2) is 79.0 Å². The van der Waals surface area contributed by atoms with E-state index in [1.807, 2.05) is 0 Å². The molecule has 1 heterocycles. The molecule has 0 aliphatic carbocycles. The second kappa shape index (κ2) is 4.46. The zero-order valence-corrected chi connectivity index (χ0v) is 10.9. The molecule has 0 fully saturated rings. The highest BCUT2D eigenvalue weighted by Crippen LogP contribution is 2.29. The molecular formula is C19H13N. The van der Waals surface area contributed by atoms with Gasteiger partial charge >= 0.3 is 0 Å². The summed E-state index contributed by atoms with van der Waals surface area (Å²) in [6, 6.07) is 23.0. The fourth-order valence-corrected chi connectivity index (χ4v) is 2.64. The van der Waals surface area contributed by atoms with Gasteiger partial charge in [-0.05, 0) is 39.7 Å². The van der Waals surface area contributed by atoms with Crippen molar-refractivity contribution < 1.29 is 1.37 Å². The standard InChI is InChI=1S/C19H13N/c1-2-6-17-14(5-1)8-9-15-10-11-16(13-18(15)17)19-7-3-4-12-20-19/h1-13H/i3D. The Labute approximate surface area is 118 Å². The molecule has 0 N–H and O–H groups in total. The molecule has 1 nitrogen and oxygen atoms in total. The van der Waals surface area contributed by atoms with Crippen LogP contribution in [0.25, 0.3) is 32.8 Å². The highest BCUT2D eigenvalue weighted by molar-refractivity contribution is 6.08. The van der Waals surface area contributed by atoms with Gasteiger partial charge in [-0.2, -0.15) is 0 Å². The number of nitrogens with zero attached hydrogens (tertiary/aromatic N) is 1. The van der Waals surface area contributed by atoms with Gasteiger partial charge in [0, 0.05) is 11.8 Å². The van der Waals surface area contributed by atoms with E-state index in [0.29, 0.717) is 6.04 Å². The van der Waals surface area contributed by atoms with Crippen molar-refractivity contribution in [3.8, 4) is 11.3 Å². The Morgan fingerprint density at radius 1 is 0.750 bits per heavy atom. The van der Waals surface area contributed by atoms with Gasteiger partial charge in [-0.3, -0.25) is 4.98 Å². The number of aromatic nitrogens is 1. The summed E-state index contributed by atoms with van der Waals surface area (Å²) in [7, 11) is 0. The third-order valence-electron chi connectivity index (χ3n) is 3.65. The van der Waals surface area contributed by atoms with Crippen molar-refractivity contribution in [3.05, 3.63) is 79.0 Å². The second-order valence-electron chi connectivity index (χ2n) is 4.86. The van der Waals surface area contributed by atoms with Crippen LogP contribution < -0.4 is 0 Å². The third-order valence-corrected chi connectivity index (χ3v) is 3.65. The van der Waals surface area contributed by atoms with Crippen LogP contribution in [0.1, 0.15) is 1.37 Å². The number of benzene rings is 3. The fourth-order valence-electron chi connectivity index (χ4n) is 2.64. The highest BCUT2D eigenvalue weighted by Gasteiger charge is 2.03. The van der Waals surface area contributed by atoms with Gasteiger partial charge < -0.3 is 0 Å². The van der Waals surface area contributed by atoms with Crippen LogP contribution in [-0.2, 0) is 0 Å². The molecule has 4 aromatic rings. The van der Waals surface area contributed by atoms with E-state index in [0.717, 1.165) is 11.3 Å². The molecule has 0 unspecified atom stereocenters. The predicted molar refractivity (Wildman–Crippen MR) is 84.7 cm³/mol. The maximum atomic E-state index is 7.74. The Morgan fingerprint density at radius 2 is 1.55 bits per heavy atom. The molecule has 0 saturated carbocycles. The summed E-state index contributed by atoms with van der Waals surface area (Å²) >= 11 is 0. The van der Waals surface area contributed by atoms with E-state index in [1.165, 1.54) is 21.5 Å².